The van der Waals surface area contributed by atoms with Gasteiger partial charge in [0.1, 0.15) is 0 Å². The molecular formula is C11H22KNO4Si. The van der Waals surface area contributed by atoms with Gasteiger partial charge in [-0.15, -0.1) is 0 Å². The summed E-state index contributed by atoms with van der Waals surface area (Å²) in [4.78, 5) is 10.8. The Hall–Kier alpha value is 1.20. The molecular weight excluding hydrogens is 277 g/mol. The Morgan fingerprint density at radius 3 is 2.28 bits per heavy atom. The van der Waals surface area contributed by atoms with Crippen molar-refractivity contribution in [3.8, 4) is 0 Å². The van der Waals surface area contributed by atoms with Crippen LogP contribution >= 0.6 is 0 Å². The molecule has 0 spiro atoms. The summed E-state index contributed by atoms with van der Waals surface area (Å²) in [5, 5.41) is 21.1. The van der Waals surface area contributed by atoms with Crippen LogP contribution in [-0.4, -0.2) is 43.2 Å². The molecule has 0 aromatic rings. The van der Waals surface area contributed by atoms with Crippen LogP contribution in [0.25, 0.3) is 0 Å². The molecule has 18 heavy (non-hydrogen) atoms. The van der Waals surface area contributed by atoms with Crippen LogP contribution in [0.5, 0.6) is 0 Å². The Labute approximate surface area is 152 Å². The predicted octanol–water partition coefficient (Wildman–Crippen LogP) is -2.41. The summed E-state index contributed by atoms with van der Waals surface area (Å²) in [7, 11) is -1.92. The summed E-state index contributed by atoms with van der Waals surface area (Å²) in [6.07, 6.45) is 0.0783. The average Bonchev–Trinajstić information content (AvgIpc) is 2.43. The number of carbonyl (C=O) groups is 1. The SMILES string of the molecule is CC(C)(C)[Si](C)(C)O[C@@H]1C[C@@H](C(=O)[O-])N(O)C1.[K+]. The number of carboxylic acid groups (broad SMARTS) is 1. The molecule has 1 fully saturated rings. The van der Waals surface area contributed by atoms with Gasteiger partial charge in [0.25, 0.3) is 0 Å². The molecule has 1 N–H and O–H groups in total. The van der Waals surface area contributed by atoms with Gasteiger partial charge in [-0.2, -0.15) is 5.06 Å². The van der Waals surface area contributed by atoms with Crippen LogP contribution in [0.4, 0.5) is 0 Å². The maximum Gasteiger partial charge on any atom is 1.00 e. The molecule has 0 radical (unpaired) electrons. The van der Waals surface area contributed by atoms with E-state index >= 15 is 0 Å². The quantitative estimate of drug-likeness (QED) is 0.588. The smallest absolute Gasteiger partial charge is 0.548 e. The van der Waals surface area contributed by atoms with Crippen molar-refractivity contribution in [2.45, 2.75) is 57.5 Å². The number of carbonyl (C=O) groups excluding carboxylic acids is 1. The zero-order valence-electron chi connectivity index (χ0n) is 12.2. The van der Waals surface area contributed by atoms with Gasteiger partial charge < -0.3 is 19.5 Å². The minimum absolute atomic E-state index is 0. The summed E-state index contributed by atoms with van der Waals surface area (Å²) in [5.41, 5.74) is 0. The van der Waals surface area contributed by atoms with E-state index in [9.17, 15) is 15.1 Å². The summed E-state index contributed by atoms with van der Waals surface area (Å²) >= 11 is 0. The Balaban J connectivity index is 0.00000289. The summed E-state index contributed by atoms with van der Waals surface area (Å²) < 4.78 is 6.06. The minimum atomic E-state index is -1.92. The van der Waals surface area contributed by atoms with Crippen molar-refractivity contribution < 1.29 is 70.9 Å². The second-order valence-corrected chi connectivity index (χ2v) is 10.9. The van der Waals surface area contributed by atoms with Gasteiger partial charge in [-0.25, -0.2) is 0 Å². The van der Waals surface area contributed by atoms with Gasteiger partial charge in [0.05, 0.1) is 18.1 Å². The number of hydrogen-bond acceptors (Lipinski definition) is 5. The topological polar surface area (TPSA) is 72.8 Å². The maximum absolute atomic E-state index is 10.8. The standard InChI is InChI=1S/C11H23NO4Si.K/c1-11(2,3)17(4,5)16-8-6-9(10(13)14)12(15)7-8;/h8-9,15H,6-7H2,1-5H3,(H,13,14);/q;+1/p-1/t8-,9+;/m1./s1. The van der Waals surface area contributed by atoms with Gasteiger partial charge in [-0.05, 0) is 24.6 Å². The van der Waals surface area contributed by atoms with Gasteiger partial charge in [0.2, 0.25) is 0 Å². The van der Waals surface area contributed by atoms with Crippen molar-refractivity contribution in [3.05, 3.63) is 0 Å². The first-order chi connectivity index (χ1) is 7.54. The maximum atomic E-state index is 10.8. The van der Waals surface area contributed by atoms with Crippen molar-refractivity contribution in [2.24, 2.45) is 0 Å². The molecule has 0 aromatic carbocycles. The summed E-state index contributed by atoms with van der Waals surface area (Å²) in [6, 6.07) is -0.940. The first-order valence-electron chi connectivity index (χ1n) is 5.89. The van der Waals surface area contributed by atoms with Crippen molar-refractivity contribution in [1.29, 1.82) is 0 Å². The van der Waals surface area contributed by atoms with Gasteiger partial charge >= 0.3 is 51.4 Å². The number of hydroxylamine groups is 2. The molecule has 7 heteroatoms. The summed E-state index contributed by atoms with van der Waals surface area (Å²) in [6.45, 7) is 10.8. The molecule has 0 amide bonds. The zero-order valence-corrected chi connectivity index (χ0v) is 16.3. The normalized spacial score (nSPS) is 25.9. The van der Waals surface area contributed by atoms with E-state index in [2.05, 4.69) is 33.9 Å². The van der Waals surface area contributed by atoms with Crippen LogP contribution in [-0.2, 0) is 9.22 Å². The molecule has 1 rings (SSSR count). The molecule has 0 bridgehead atoms. The molecule has 0 aliphatic carbocycles. The molecule has 1 heterocycles. The van der Waals surface area contributed by atoms with E-state index < -0.39 is 20.3 Å². The second-order valence-electron chi connectivity index (χ2n) is 6.19. The van der Waals surface area contributed by atoms with Gasteiger partial charge in [0, 0.05) is 6.54 Å². The van der Waals surface area contributed by atoms with Crippen LogP contribution in [0, 0.1) is 0 Å². The molecule has 1 saturated heterocycles. The largest absolute Gasteiger partial charge is 1.00 e. The Kier molecular flexibility index (Phi) is 7.23. The Morgan fingerprint density at radius 2 is 1.94 bits per heavy atom. The fourth-order valence-electron chi connectivity index (χ4n) is 1.68. The van der Waals surface area contributed by atoms with Gasteiger partial charge in [-0.1, -0.05) is 20.8 Å². The number of rotatable bonds is 3. The molecule has 0 saturated carbocycles. The Bertz CT molecular complexity index is 306. The van der Waals surface area contributed by atoms with Gasteiger partial charge in [-0.3, -0.25) is 0 Å². The molecule has 1 aliphatic rings. The molecule has 5 nitrogen and oxygen atoms in total. The number of nitrogens with zero attached hydrogens (tertiary/aromatic N) is 1. The van der Waals surface area contributed by atoms with Crippen molar-refractivity contribution >= 4 is 14.3 Å². The fourth-order valence-corrected chi connectivity index (χ4v) is 3.04. The average molecular weight is 299 g/mol. The number of hydrogen-bond donors (Lipinski definition) is 1. The number of aliphatic carboxylic acids is 1. The van der Waals surface area contributed by atoms with Crippen molar-refractivity contribution in [2.75, 3.05) is 6.54 Å². The van der Waals surface area contributed by atoms with Crippen LogP contribution in [0.1, 0.15) is 27.2 Å². The van der Waals surface area contributed by atoms with E-state index in [0.717, 1.165) is 5.06 Å². The molecule has 1 aliphatic heterocycles. The number of carboxylic acids is 1. The van der Waals surface area contributed by atoms with E-state index in [1.807, 2.05) is 0 Å². The van der Waals surface area contributed by atoms with E-state index in [1.54, 1.807) is 0 Å². The van der Waals surface area contributed by atoms with Crippen LogP contribution in [0.3, 0.4) is 0 Å². The Morgan fingerprint density at radius 1 is 1.44 bits per heavy atom. The third-order valence-corrected chi connectivity index (χ3v) is 8.31. The first-order valence-corrected chi connectivity index (χ1v) is 8.79. The monoisotopic (exact) mass is 299 g/mol. The fraction of sp³-hybridized carbons (Fsp3) is 0.909. The molecule has 2 atom stereocenters. The van der Waals surface area contributed by atoms with Crippen LogP contribution in [0.2, 0.25) is 18.1 Å². The molecule has 100 valence electrons. The van der Waals surface area contributed by atoms with Crippen LogP contribution in [0.15, 0.2) is 0 Å². The summed E-state index contributed by atoms with van der Waals surface area (Å²) in [5.74, 6) is -1.24. The zero-order chi connectivity index (χ0) is 13.4. The van der Waals surface area contributed by atoms with E-state index in [-0.39, 0.29) is 69.1 Å². The van der Waals surface area contributed by atoms with Crippen LogP contribution < -0.4 is 56.5 Å². The molecule has 0 unspecified atom stereocenters. The van der Waals surface area contributed by atoms with E-state index in [0.29, 0.717) is 6.42 Å². The van der Waals surface area contributed by atoms with Gasteiger partial charge in [0.15, 0.2) is 8.32 Å². The second kappa shape index (κ2) is 6.77. The predicted molar refractivity (Wildman–Crippen MR) is 64.0 cm³/mol. The third-order valence-electron chi connectivity index (χ3n) is 3.78. The third kappa shape index (κ3) is 4.64. The first kappa shape index (κ1) is 19.2. The molecule has 0 aromatic heterocycles. The van der Waals surface area contributed by atoms with E-state index in [4.69, 9.17) is 4.43 Å². The minimum Gasteiger partial charge on any atom is -0.548 e. The van der Waals surface area contributed by atoms with Crippen molar-refractivity contribution in [3.63, 3.8) is 0 Å². The van der Waals surface area contributed by atoms with Crippen molar-refractivity contribution in [1.82, 2.24) is 5.06 Å². The van der Waals surface area contributed by atoms with E-state index in [1.165, 1.54) is 0 Å².